The van der Waals surface area contributed by atoms with Crippen LogP contribution in [0.25, 0.3) is 0 Å². The molecule has 0 aliphatic carbocycles. The molecule has 16 heavy (non-hydrogen) atoms. The van der Waals surface area contributed by atoms with Crippen LogP contribution in [0.4, 0.5) is 0 Å². The van der Waals surface area contributed by atoms with Crippen molar-refractivity contribution in [3.8, 4) is 0 Å². The Labute approximate surface area is 98.6 Å². The summed E-state index contributed by atoms with van der Waals surface area (Å²) in [7, 11) is 1.23. The molecule has 90 valence electrons. The molecule has 1 aliphatic rings. The number of hydrogen-bond acceptors (Lipinski definition) is 3. The summed E-state index contributed by atoms with van der Waals surface area (Å²) in [5.74, 6) is 0.772. The molecule has 1 fully saturated rings. The maximum absolute atomic E-state index is 5.91. The van der Waals surface area contributed by atoms with Gasteiger partial charge in [0.15, 0.2) is 0 Å². The zero-order valence-electron chi connectivity index (χ0n) is 11.1. The van der Waals surface area contributed by atoms with E-state index in [1.54, 1.807) is 13.2 Å². The summed E-state index contributed by atoms with van der Waals surface area (Å²) in [5.41, 5.74) is 0.182. The second-order valence-electron chi connectivity index (χ2n) is 5.01. The van der Waals surface area contributed by atoms with E-state index in [4.69, 9.17) is 14.0 Å². The number of allylic oxidation sites excluding steroid dienone is 3. The summed E-state index contributed by atoms with van der Waals surface area (Å²) < 4.78 is 17.0. The van der Waals surface area contributed by atoms with Gasteiger partial charge in [0.05, 0.1) is 24.1 Å². The predicted octanol–water partition coefficient (Wildman–Crippen LogP) is 2.72. The Hall–Kier alpha value is -0.735. The molecule has 0 aromatic carbocycles. The van der Waals surface area contributed by atoms with Crippen molar-refractivity contribution < 1.29 is 14.0 Å². The molecule has 1 heterocycles. The van der Waals surface area contributed by atoms with Crippen LogP contribution in [-0.4, -0.2) is 25.4 Å². The quantitative estimate of drug-likeness (QED) is 0.419. The van der Waals surface area contributed by atoms with E-state index in [0.29, 0.717) is 0 Å². The van der Waals surface area contributed by atoms with Gasteiger partial charge in [0.2, 0.25) is 0 Å². The molecule has 0 atom stereocenters. The number of ether oxygens (including phenoxy) is 1. The highest BCUT2D eigenvalue weighted by atomic mass is 16.7. The Morgan fingerprint density at radius 3 is 1.94 bits per heavy atom. The molecule has 1 saturated heterocycles. The molecule has 3 nitrogen and oxygen atoms in total. The smallest absolute Gasteiger partial charge is 0.498 e. The number of methoxy groups -OCH3 is 1. The normalized spacial score (nSPS) is 24.0. The largest absolute Gasteiger partial charge is 0.502 e. The minimum absolute atomic E-state index is 0.333. The lowest BCUT2D eigenvalue weighted by Gasteiger charge is -2.32. The third-order valence-electron chi connectivity index (χ3n) is 3.44. The van der Waals surface area contributed by atoms with Gasteiger partial charge in [-0.2, -0.15) is 0 Å². The molecule has 0 unspecified atom stereocenters. The van der Waals surface area contributed by atoms with Crippen LogP contribution in [0.3, 0.4) is 0 Å². The summed E-state index contributed by atoms with van der Waals surface area (Å²) >= 11 is 0. The molecule has 4 heteroatoms. The topological polar surface area (TPSA) is 27.7 Å². The average Bonchev–Trinajstić information content (AvgIpc) is 2.36. The molecule has 0 N–H and O–H groups in total. The molecule has 1 aliphatic heterocycles. The van der Waals surface area contributed by atoms with Gasteiger partial charge in [0.1, 0.15) is 0 Å². The highest BCUT2D eigenvalue weighted by Gasteiger charge is 2.52. The first kappa shape index (κ1) is 13.3. The fourth-order valence-electron chi connectivity index (χ4n) is 1.49. The van der Waals surface area contributed by atoms with E-state index in [2.05, 4.69) is 6.58 Å². The van der Waals surface area contributed by atoms with Crippen LogP contribution in [0.2, 0.25) is 0 Å². The van der Waals surface area contributed by atoms with Gasteiger partial charge in [-0.15, -0.1) is 0 Å². The summed E-state index contributed by atoms with van der Waals surface area (Å²) in [6, 6.07) is 0. The Kier molecular flexibility index (Phi) is 3.55. The van der Waals surface area contributed by atoms with Gasteiger partial charge in [-0.25, -0.2) is 0 Å². The van der Waals surface area contributed by atoms with Crippen molar-refractivity contribution in [2.45, 2.75) is 45.8 Å². The number of hydrogen-bond donors (Lipinski definition) is 0. The third-order valence-corrected chi connectivity index (χ3v) is 3.44. The fraction of sp³-hybridized carbons (Fsp3) is 0.667. The van der Waals surface area contributed by atoms with Gasteiger partial charge >= 0.3 is 7.12 Å². The Bertz CT molecular complexity index is 302. The Morgan fingerprint density at radius 1 is 1.19 bits per heavy atom. The number of rotatable bonds is 3. The lowest BCUT2D eigenvalue weighted by atomic mass is 9.77. The highest BCUT2D eigenvalue weighted by molar-refractivity contribution is 6.55. The Morgan fingerprint density at radius 2 is 1.62 bits per heavy atom. The predicted molar refractivity (Wildman–Crippen MR) is 66.0 cm³/mol. The standard InChI is InChI=1S/C12H21BO3/c1-8-10(9(2)14-7)13-15-11(3,4)12(5,6)16-13/h8H,1H2,2-7H3/b10-9-. The van der Waals surface area contributed by atoms with Crippen molar-refractivity contribution in [3.05, 3.63) is 23.9 Å². The zero-order valence-corrected chi connectivity index (χ0v) is 11.1. The minimum atomic E-state index is -0.401. The van der Waals surface area contributed by atoms with Crippen LogP contribution < -0.4 is 0 Å². The van der Waals surface area contributed by atoms with Gasteiger partial charge in [-0.05, 0) is 34.6 Å². The Balaban J connectivity index is 2.99. The van der Waals surface area contributed by atoms with E-state index in [-0.39, 0.29) is 11.2 Å². The summed E-state index contributed by atoms with van der Waals surface area (Å²) in [4.78, 5) is 0. The summed E-state index contributed by atoms with van der Waals surface area (Å²) in [6.07, 6.45) is 1.72. The third kappa shape index (κ3) is 2.18. The SMILES string of the molecule is C=C/C(B1OC(C)(C)C(C)(C)O1)=C(\C)OC. The van der Waals surface area contributed by atoms with E-state index in [1.807, 2.05) is 34.6 Å². The second kappa shape index (κ2) is 4.26. The van der Waals surface area contributed by atoms with Crippen LogP contribution in [0, 0.1) is 0 Å². The monoisotopic (exact) mass is 224 g/mol. The molecule has 0 aromatic heterocycles. The molecule has 0 radical (unpaired) electrons. The van der Waals surface area contributed by atoms with Gasteiger partial charge < -0.3 is 14.0 Å². The van der Waals surface area contributed by atoms with E-state index >= 15 is 0 Å². The van der Waals surface area contributed by atoms with Crippen molar-refractivity contribution in [2.75, 3.05) is 7.11 Å². The van der Waals surface area contributed by atoms with Crippen molar-refractivity contribution in [3.63, 3.8) is 0 Å². The lowest BCUT2D eigenvalue weighted by molar-refractivity contribution is 0.00578. The van der Waals surface area contributed by atoms with Crippen molar-refractivity contribution >= 4 is 7.12 Å². The highest BCUT2D eigenvalue weighted by Crippen LogP contribution is 2.39. The van der Waals surface area contributed by atoms with Crippen molar-refractivity contribution in [1.82, 2.24) is 0 Å². The lowest BCUT2D eigenvalue weighted by Crippen LogP contribution is -2.41. The van der Waals surface area contributed by atoms with Crippen LogP contribution in [0.1, 0.15) is 34.6 Å². The molecule has 0 amide bonds. The molecular formula is C12H21BO3. The van der Waals surface area contributed by atoms with Crippen molar-refractivity contribution in [2.24, 2.45) is 0 Å². The van der Waals surface area contributed by atoms with E-state index in [1.165, 1.54) is 0 Å². The average molecular weight is 224 g/mol. The van der Waals surface area contributed by atoms with E-state index in [0.717, 1.165) is 11.2 Å². The van der Waals surface area contributed by atoms with Gasteiger partial charge in [0, 0.05) is 5.47 Å². The molecule has 0 saturated carbocycles. The molecule has 0 aromatic rings. The maximum atomic E-state index is 5.91. The minimum Gasteiger partial charge on any atom is -0.502 e. The second-order valence-corrected chi connectivity index (χ2v) is 5.01. The van der Waals surface area contributed by atoms with Crippen LogP contribution >= 0.6 is 0 Å². The van der Waals surface area contributed by atoms with Crippen LogP contribution in [0.15, 0.2) is 23.9 Å². The first-order chi connectivity index (χ1) is 7.25. The van der Waals surface area contributed by atoms with E-state index in [9.17, 15) is 0 Å². The van der Waals surface area contributed by atoms with Gasteiger partial charge in [-0.3, -0.25) is 0 Å². The van der Waals surface area contributed by atoms with Gasteiger partial charge in [0.25, 0.3) is 0 Å². The molecule has 0 spiro atoms. The summed E-state index contributed by atoms with van der Waals surface area (Å²) in [6.45, 7) is 13.7. The fourth-order valence-corrected chi connectivity index (χ4v) is 1.49. The van der Waals surface area contributed by atoms with Crippen LogP contribution in [0.5, 0.6) is 0 Å². The molecular weight excluding hydrogens is 203 g/mol. The molecule has 0 bridgehead atoms. The zero-order chi connectivity index (χ0) is 12.6. The van der Waals surface area contributed by atoms with Crippen molar-refractivity contribution in [1.29, 1.82) is 0 Å². The van der Waals surface area contributed by atoms with Crippen LogP contribution in [-0.2, 0) is 14.0 Å². The maximum Gasteiger partial charge on any atom is 0.498 e. The van der Waals surface area contributed by atoms with E-state index < -0.39 is 7.12 Å². The van der Waals surface area contributed by atoms with Gasteiger partial charge in [-0.1, -0.05) is 12.7 Å². The first-order valence-corrected chi connectivity index (χ1v) is 5.48. The first-order valence-electron chi connectivity index (χ1n) is 5.48. The molecule has 1 rings (SSSR count). The summed E-state index contributed by atoms with van der Waals surface area (Å²) in [5, 5.41) is 0.